The second-order valence-corrected chi connectivity index (χ2v) is 6.18. The summed E-state index contributed by atoms with van der Waals surface area (Å²) >= 11 is 3.37. The lowest BCUT2D eigenvalue weighted by Crippen LogP contribution is -2.25. The van der Waals surface area contributed by atoms with Crippen LogP contribution in [0.2, 0.25) is 0 Å². The molecule has 1 rings (SSSR count). The van der Waals surface area contributed by atoms with Gasteiger partial charge in [-0.05, 0) is 44.9 Å². The Morgan fingerprint density at radius 1 is 1.27 bits per heavy atom. The first-order chi connectivity index (χ1) is 10.4. The van der Waals surface area contributed by atoms with Crippen LogP contribution in [0.15, 0.2) is 22.7 Å². The maximum absolute atomic E-state index is 12.2. The topological polar surface area (TPSA) is 75.6 Å². The second-order valence-electron chi connectivity index (χ2n) is 5.27. The number of unbranched alkanes of at least 4 members (excludes halogenated alkanes) is 2. The van der Waals surface area contributed by atoms with Crippen LogP contribution in [0, 0.1) is 0 Å². The van der Waals surface area contributed by atoms with Gasteiger partial charge in [-0.1, -0.05) is 22.4 Å². The maximum Gasteiger partial charge on any atom is 0.303 e. The standard InChI is InChI=1S/C16H22BrNO4/c1-11(2)22-14-10-12(17)7-8-13(14)16(21)18-9-5-3-4-6-15(19)20/h7-8,10-11H,3-6,9H2,1-2H3,(H,18,21)(H,19,20). The number of hydrogen-bond donors (Lipinski definition) is 2. The van der Waals surface area contributed by atoms with Gasteiger partial charge >= 0.3 is 5.97 Å². The van der Waals surface area contributed by atoms with Crippen molar-refractivity contribution in [2.75, 3.05) is 6.54 Å². The molecule has 2 N–H and O–H groups in total. The Bertz CT molecular complexity index is 517. The van der Waals surface area contributed by atoms with Gasteiger partial charge in [0, 0.05) is 17.4 Å². The summed E-state index contributed by atoms with van der Waals surface area (Å²) in [4.78, 5) is 22.6. The minimum absolute atomic E-state index is 0.0168. The average molecular weight is 372 g/mol. The molecule has 0 aliphatic carbocycles. The molecule has 6 heteroatoms. The van der Waals surface area contributed by atoms with Crippen molar-refractivity contribution >= 4 is 27.8 Å². The molecule has 0 radical (unpaired) electrons. The lowest BCUT2D eigenvalue weighted by atomic mass is 10.1. The predicted octanol–water partition coefficient (Wildman–Crippen LogP) is 3.61. The predicted molar refractivity (Wildman–Crippen MR) is 88.3 cm³/mol. The molecular weight excluding hydrogens is 350 g/mol. The van der Waals surface area contributed by atoms with Gasteiger partial charge in [-0.25, -0.2) is 0 Å². The van der Waals surface area contributed by atoms with E-state index < -0.39 is 5.97 Å². The first kappa shape index (κ1) is 18.5. The van der Waals surface area contributed by atoms with Gasteiger partial charge in [0.2, 0.25) is 0 Å². The molecule has 0 aliphatic rings. The lowest BCUT2D eigenvalue weighted by molar-refractivity contribution is -0.137. The minimum atomic E-state index is -0.783. The van der Waals surface area contributed by atoms with Crippen molar-refractivity contribution in [3.8, 4) is 5.75 Å². The van der Waals surface area contributed by atoms with Crippen LogP contribution in [-0.4, -0.2) is 29.6 Å². The van der Waals surface area contributed by atoms with E-state index in [2.05, 4.69) is 21.2 Å². The van der Waals surface area contributed by atoms with Gasteiger partial charge < -0.3 is 15.2 Å². The maximum atomic E-state index is 12.2. The molecule has 1 aromatic rings. The fourth-order valence-electron chi connectivity index (χ4n) is 1.91. The summed E-state index contributed by atoms with van der Waals surface area (Å²) in [5, 5.41) is 11.4. The van der Waals surface area contributed by atoms with Gasteiger partial charge in [0.25, 0.3) is 5.91 Å². The Labute approximate surface area is 139 Å². The number of hydrogen-bond acceptors (Lipinski definition) is 3. The Kier molecular flexibility index (Phi) is 7.95. The van der Waals surface area contributed by atoms with E-state index in [9.17, 15) is 9.59 Å². The summed E-state index contributed by atoms with van der Waals surface area (Å²) in [5.74, 6) is -0.413. The molecule has 0 fully saturated rings. The van der Waals surface area contributed by atoms with Crippen LogP contribution in [-0.2, 0) is 4.79 Å². The molecular formula is C16H22BrNO4. The molecule has 0 saturated carbocycles. The molecule has 5 nitrogen and oxygen atoms in total. The van der Waals surface area contributed by atoms with E-state index in [-0.39, 0.29) is 18.4 Å². The summed E-state index contributed by atoms with van der Waals surface area (Å²) < 4.78 is 6.52. The fourth-order valence-corrected chi connectivity index (χ4v) is 2.25. The molecule has 0 spiro atoms. The smallest absolute Gasteiger partial charge is 0.303 e. The number of halogens is 1. The quantitative estimate of drug-likeness (QED) is 0.650. The molecule has 0 aromatic heterocycles. The number of amides is 1. The van der Waals surface area contributed by atoms with Crippen molar-refractivity contribution < 1.29 is 19.4 Å². The van der Waals surface area contributed by atoms with Crippen LogP contribution < -0.4 is 10.1 Å². The molecule has 1 amide bonds. The normalized spacial score (nSPS) is 10.5. The summed E-state index contributed by atoms with van der Waals surface area (Å²) in [6.45, 7) is 4.34. The van der Waals surface area contributed by atoms with Gasteiger partial charge in [0.1, 0.15) is 5.75 Å². The number of nitrogens with one attached hydrogen (secondary N) is 1. The Morgan fingerprint density at radius 3 is 2.64 bits per heavy atom. The van der Waals surface area contributed by atoms with Crippen LogP contribution in [0.1, 0.15) is 49.9 Å². The molecule has 0 saturated heterocycles. The second kappa shape index (κ2) is 9.46. The van der Waals surface area contributed by atoms with Crippen molar-refractivity contribution in [2.24, 2.45) is 0 Å². The van der Waals surface area contributed by atoms with E-state index in [1.165, 1.54) is 0 Å². The van der Waals surface area contributed by atoms with Crippen LogP contribution >= 0.6 is 15.9 Å². The van der Waals surface area contributed by atoms with Gasteiger partial charge in [-0.3, -0.25) is 9.59 Å². The highest BCUT2D eigenvalue weighted by Gasteiger charge is 2.13. The highest BCUT2D eigenvalue weighted by atomic mass is 79.9. The van der Waals surface area contributed by atoms with E-state index in [0.29, 0.717) is 24.3 Å². The molecule has 0 unspecified atom stereocenters. The van der Waals surface area contributed by atoms with Crippen LogP contribution in [0.4, 0.5) is 0 Å². The molecule has 0 bridgehead atoms. The molecule has 0 atom stereocenters. The highest BCUT2D eigenvalue weighted by Crippen LogP contribution is 2.24. The van der Waals surface area contributed by atoms with E-state index in [1.54, 1.807) is 18.2 Å². The van der Waals surface area contributed by atoms with Crippen LogP contribution in [0.25, 0.3) is 0 Å². The number of carboxylic acid groups (broad SMARTS) is 1. The number of aliphatic carboxylic acids is 1. The zero-order valence-electron chi connectivity index (χ0n) is 12.9. The molecule has 22 heavy (non-hydrogen) atoms. The largest absolute Gasteiger partial charge is 0.490 e. The molecule has 122 valence electrons. The van der Waals surface area contributed by atoms with E-state index in [1.807, 2.05) is 13.8 Å². The summed E-state index contributed by atoms with van der Waals surface area (Å²) in [5.41, 5.74) is 0.502. The summed E-state index contributed by atoms with van der Waals surface area (Å²) in [6, 6.07) is 5.30. The molecule has 0 heterocycles. The number of carbonyl (C=O) groups excluding carboxylic acids is 1. The first-order valence-corrected chi connectivity index (χ1v) is 8.15. The van der Waals surface area contributed by atoms with Crippen molar-refractivity contribution in [3.05, 3.63) is 28.2 Å². The zero-order chi connectivity index (χ0) is 16.5. The summed E-state index contributed by atoms with van der Waals surface area (Å²) in [7, 11) is 0. The molecule has 0 aliphatic heterocycles. The van der Waals surface area contributed by atoms with E-state index in [0.717, 1.165) is 17.3 Å². The van der Waals surface area contributed by atoms with Crippen molar-refractivity contribution in [3.63, 3.8) is 0 Å². The van der Waals surface area contributed by atoms with Gasteiger partial charge in [-0.2, -0.15) is 0 Å². The first-order valence-electron chi connectivity index (χ1n) is 7.36. The number of benzene rings is 1. The van der Waals surface area contributed by atoms with Gasteiger partial charge in [0.15, 0.2) is 0 Å². The van der Waals surface area contributed by atoms with Gasteiger partial charge in [0.05, 0.1) is 11.7 Å². The van der Waals surface area contributed by atoms with Crippen molar-refractivity contribution in [1.29, 1.82) is 0 Å². The number of carboxylic acids is 1. The van der Waals surface area contributed by atoms with E-state index in [4.69, 9.17) is 9.84 Å². The van der Waals surface area contributed by atoms with E-state index >= 15 is 0 Å². The third kappa shape index (κ3) is 6.93. The number of rotatable bonds is 9. The zero-order valence-corrected chi connectivity index (χ0v) is 14.5. The monoisotopic (exact) mass is 371 g/mol. The Morgan fingerprint density at radius 2 is 2.00 bits per heavy atom. The van der Waals surface area contributed by atoms with Gasteiger partial charge in [-0.15, -0.1) is 0 Å². The average Bonchev–Trinajstić information content (AvgIpc) is 2.41. The van der Waals surface area contributed by atoms with Crippen molar-refractivity contribution in [1.82, 2.24) is 5.32 Å². The van der Waals surface area contributed by atoms with Crippen molar-refractivity contribution in [2.45, 2.75) is 45.6 Å². The fraction of sp³-hybridized carbons (Fsp3) is 0.500. The number of ether oxygens (including phenoxy) is 1. The summed E-state index contributed by atoms with van der Waals surface area (Å²) in [6.07, 6.45) is 2.33. The third-order valence-electron chi connectivity index (χ3n) is 2.90. The Hall–Kier alpha value is -1.56. The third-order valence-corrected chi connectivity index (χ3v) is 3.40. The number of carbonyl (C=O) groups is 2. The lowest BCUT2D eigenvalue weighted by Gasteiger charge is -2.14. The Balaban J connectivity index is 2.49. The SMILES string of the molecule is CC(C)Oc1cc(Br)ccc1C(=O)NCCCCCC(=O)O. The molecule has 1 aromatic carbocycles. The minimum Gasteiger partial charge on any atom is -0.490 e. The van der Waals surface area contributed by atoms with Crippen LogP contribution in [0.3, 0.4) is 0 Å². The van der Waals surface area contributed by atoms with Crippen LogP contribution in [0.5, 0.6) is 5.75 Å². The highest BCUT2D eigenvalue weighted by molar-refractivity contribution is 9.10.